The van der Waals surface area contributed by atoms with Crippen LogP contribution in [0.4, 0.5) is 0 Å². The average molecular weight is 262 g/mol. The van der Waals surface area contributed by atoms with Crippen molar-refractivity contribution in [2.24, 2.45) is 0 Å². The molecule has 1 rings (SSSR count). The van der Waals surface area contributed by atoms with Crippen LogP contribution >= 0.6 is 0 Å². The van der Waals surface area contributed by atoms with E-state index >= 15 is 0 Å². The van der Waals surface area contributed by atoms with Gasteiger partial charge in [-0.3, -0.25) is 4.68 Å². The highest BCUT2D eigenvalue weighted by Gasteiger charge is 2.19. The van der Waals surface area contributed by atoms with Gasteiger partial charge in [0.15, 0.2) is 0 Å². The van der Waals surface area contributed by atoms with Crippen molar-refractivity contribution in [3.05, 3.63) is 41.9 Å². The predicted molar refractivity (Wildman–Crippen MR) is 80.3 cm³/mol. The van der Waals surface area contributed by atoms with Crippen molar-refractivity contribution in [2.45, 2.75) is 52.5 Å². The van der Waals surface area contributed by atoms with E-state index in [-0.39, 0.29) is 11.5 Å². The third-order valence-electron chi connectivity index (χ3n) is 3.24. The van der Waals surface area contributed by atoms with E-state index in [1.165, 1.54) is 5.56 Å². The van der Waals surface area contributed by atoms with Crippen molar-refractivity contribution in [2.75, 3.05) is 7.11 Å². The quantitative estimate of drug-likeness (QED) is 0.588. The molecular formula is C16H26N2O. The van der Waals surface area contributed by atoms with Gasteiger partial charge in [0, 0.05) is 12.1 Å². The van der Waals surface area contributed by atoms with Crippen LogP contribution in [0.2, 0.25) is 0 Å². The Hall–Kier alpha value is -1.51. The summed E-state index contributed by atoms with van der Waals surface area (Å²) in [5.41, 5.74) is 2.32. The van der Waals surface area contributed by atoms with Crippen LogP contribution < -0.4 is 0 Å². The standard InChI is InChI=1S/C16H26N2O/c1-8-14(10-9-13(3)19-7)15-12(2)11-18(17-15)16(4,5)6/h8-9,11,14H,1,10H2,2-7H3/b13-9+. The van der Waals surface area contributed by atoms with E-state index in [1.54, 1.807) is 7.11 Å². The largest absolute Gasteiger partial charge is 0.502 e. The van der Waals surface area contributed by atoms with Gasteiger partial charge in [0.2, 0.25) is 0 Å². The molecule has 0 aromatic carbocycles. The molecule has 0 aliphatic rings. The molecule has 0 amide bonds. The van der Waals surface area contributed by atoms with Crippen LogP contribution in [0.15, 0.2) is 30.7 Å². The summed E-state index contributed by atoms with van der Waals surface area (Å²) in [7, 11) is 1.69. The number of rotatable bonds is 5. The fourth-order valence-corrected chi connectivity index (χ4v) is 1.88. The van der Waals surface area contributed by atoms with E-state index in [4.69, 9.17) is 9.84 Å². The molecule has 0 aliphatic heterocycles. The van der Waals surface area contributed by atoms with Crippen LogP contribution in [-0.2, 0) is 10.3 Å². The van der Waals surface area contributed by atoms with Crippen molar-refractivity contribution in [1.29, 1.82) is 0 Å². The van der Waals surface area contributed by atoms with Gasteiger partial charge in [0.05, 0.1) is 24.1 Å². The Morgan fingerprint density at radius 1 is 1.53 bits per heavy atom. The van der Waals surface area contributed by atoms with E-state index in [2.05, 4.69) is 46.5 Å². The number of aromatic nitrogens is 2. The number of hydrogen-bond acceptors (Lipinski definition) is 2. The molecule has 3 heteroatoms. The van der Waals surface area contributed by atoms with Crippen LogP contribution in [0.5, 0.6) is 0 Å². The molecule has 1 unspecified atom stereocenters. The molecule has 3 nitrogen and oxygen atoms in total. The van der Waals surface area contributed by atoms with Crippen molar-refractivity contribution in [3.63, 3.8) is 0 Å². The van der Waals surface area contributed by atoms with Gasteiger partial charge in [-0.1, -0.05) is 6.08 Å². The van der Waals surface area contributed by atoms with E-state index in [1.807, 2.05) is 17.7 Å². The number of ether oxygens (including phenoxy) is 1. The van der Waals surface area contributed by atoms with Crippen LogP contribution in [0.1, 0.15) is 51.3 Å². The lowest BCUT2D eigenvalue weighted by Crippen LogP contribution is -2.22. The van der Waals surface area contributed by atoms with Gasteiger partial charge in [-0.25, -0.2) is 0 Å². The molecule has 0 fully saturated rings. The molecule has 1 aromatic rings. The maximum Gasteiger partial charge on any atom is 0.0885 e. The first-order valence-electron chi connectivity index (χ1n) is 6.69. The minimum Gasteiger partial charge on any atom is -0.502 e. The van der Waals surface area contributed by atoms with Gasteiger partial charge in [0.25, 0.3) is 0 Å². The summed E-state index contributed by atoms with van der Waals surface area (Å²) >= 11 is 0. The van der Waals surface area contributed by atoms with Crippen LogP contribution in [-0.4, -0.2) is 16.9 Å². The Bertz CT molecular complexity index is 464. The van der Waals surface area contributed by atoms with Crippen molar-refractivity contribution < 1.29 is 4.74 Å². The first-order valence-corrected chi connectivity index (χ1v) is 6.69. The molecular weight excluding hydrogens is 236 g/mol. The SMILES string of the molecule is C=CC(C/C=C(\C)OC)c1nn(C(C)(C)C)cc1C. The molecule has 0 saturated carbocycles. The zero-order chi connectivity index (χ0) is 14.6. The summed E-state index contributed by atoms with van der Waals surface area (Å²) in [6.45, 7) is 14.5. The second-order valence-corrected chi connectivity index (χ2v) is 5.91. The van der Waals surface area contributed by atoms with Crippen LogP contribution in [0.3, 0.4) is 0 Å². The topological polar surface area (TPSA) is 27.1 Å². The second-order valence-electron chi connectivity index (χ2n) is 5.91. The fraction of sp³-hybridized carbons (Fsp3) is 0.562. The van der Waals surface area contributed by atoms with Gasteiger partial charge in [-0.15, -0.1) is 6.58 Å². The van der Waals surface area contributed by atoms with E-state index in [0.29, 0.717) is 0 Å². The smallest absolute Gasteiger partial charge is 0.0885 e. The molecule has 0 N–H and O–H groups in total. The second kappa shape index (κ2) is 6.09. The van der Waals surface area contributed by atoms with Crippen molar-refractivity contribution in [3.8, 4) is 0 Å². The highest BCUT2D eigenvalue weighted by Crippen LogP contribution is 2.26. The molecule has 0 aliphatic carbocycles. The zero-order valence-electron chi connectivity index (χ0n) is 13.0. The molecule has 1 aromatic heterocycles. The number of allylic oxidation sites excluding steroid dienone is 3. The van der Waals surface area contributed by atoms with Crippen molar-refractivity contribution >= 4 is 0 Å². The minimum absolute atomic E-state index is 0.00696. The Balaban J connectivity index is 2.99. The molecule has 1 heterocycles. The zero-order valence-corrected chi connectivity index (χ0v) is 13.0. The summed E-state index contributed by atoms with van der Waals surface area (Å²) in [5, 5.41) is 4.73. The lowest BCUT2D eigenvalue weighted by molar-refractivity contribution is 0.291. The Labute approximate surface area is 117 Å². The van der Waals surface area contributed by atoms with Crippen molar-refractivity contribution in [1.82, 2.24) is 9.78 Å². The Morgan fingerprint density at radius 2 is 2.16 bits per heavy atom. The first-order chi connectivity index (χ1) is 8.79. The van der Waals surface area contributed by atoms with Gasteiger partial charge >= 0.3 is 0 Å². The summed E-state index contributed by atoms with van der Waals surface area (Å²) in [5.74, 6) is 1.16. The number of hydrogen-bond donors (Lipinski definition) is 0. The monoisotopic (exact) mass is 262 g/mol. The molecule has 106 valence electrons. The lowest BCUT2D eigenvalue weighted by atomic mass is 9.98. The maximum absolute atomic E-state index is 5.17. The summed E-state index contributed by atoms with van der Waals surface area (Å²) < 4.78 is 7.20. The Kier molecular flexibility index (Phi) is 4.98. The average Bonchev–Trinajstić information content (AvgIpc) is 2.72. The summed E-state index contributed by atoms with van der Waals surface area (Å²) in [6, 6.07) is 0. The fourth-order valence-electron chi connectivity index (χ4n) is 1.88. The highest BCUT2D eigenvalue weighted by molar-refractivity contribution is 5.24. The highest BCUT2D eigenvalue weighted by atomic mass is 16.5. The van der Waals surface area contributed by atoms with Gasteiger partial charge in [0.1, 0.15) is 0 Å². The van der Waals surface area contributed by atoms with Crippen LogP contribution in [0, 0.1) is 6.92 Å². The maximum atomic E-state index is 5.17. The van der Waals surface area contributed by atoms with Gasteiger partial charge in [-0.05, 0) is 52.7 Å². The normalized spacial score (nSPS) is 14.3. The molecule has 19 heavy (non-hydrogen) atoms. The first kappa shape index (κ1) is 15.5. The summed E-state index contributed by atoms with van der Waals surface area (Å²) in [6.07, 6.45) is 7.02. The number of nitrogens with zero attached hydrogens (tertiary/aromatic N) is 2. The molecule has 0 spiro atoms. The molecule has 0 saturated heterocycles. The Morgan fingerprint density at radius 3 is 2.58 bits per heavy atom. The van der Waals surface area contributed by atoms with Gasteiger partial charge < -0.3 is 4.74 Å². The number of methoxy groups -OCH3 is 1. The molecule has 0 radical (unpaired) electrons. The molecule has 0 bridgehead atoms. The van der Waals surface area contributed by atoms with Gasteiger partial charge in [-0.2, -0.15) is 5.10 Å². The summed E-state index contributed by atoms with van der Waals surface area (Å²) in [4.78, 5) is 0. The van der Waals surface area contributed by atoms with E-state index in [0.717, 1.165) is 17.9 Å². The minimum atomic E-state index is 0.00696. The predicted octanol–water partition coefficient (Wildman–Crippen LogP) is 4.16. The van der Waals surface area contributed by atoms with Crippen LogP contribution in [0.25, 0.3) is 0 Å². The van der Waals surface area contributed by atoms with E-state index < -0.39 is 0 Å². The van der Waals surface area contributed by atoms with E-state index in [9.17, 15) is 0 Å². The third kappa shape index (κ3) is 3.98. The molecule has 1 atom stereocenters. The third-order valence-corrected chi connectivity index (χ3v) is 3.24. The lowest BCUT2D eigenvalue weighted by Gasteiger charge is -2.19. The number of aryl methyl sites for hydroxylation is 1.